The van der Waals surface area contributed by atoms with Crippen LogP contribution in [0.15, 0.2) is 45.8 Å². The summed E-state index contributed by atoms with van der Waals surface area (Å²) in [6.07, 6.45) is 1.68. The topological polar surface area (TPSA) is 49.0 Å². The van der Waals surface area contributed by atoms with Gasteiger partial charge in [0.25, 0.3) is 0 Å². The molecule has 0 radical (unpaired) electrons. The van der Waals surface area contributed by atoms with Crippen LogP contribution in [-0.4, -0.2) is 24.4 Å². The molecule has 1 N–H and O–H groups in total. The molecular formula is C15H18N2O2. The number of phenols is 1. The van der Waals surface area contributed by atoms with Crippen molar-refractivity contribution in [2.24, 2.45) is 4.99 Å². The molecule has 0 aliphatic carbocycles. The predicted octanol–water partition coefficient (Wildman–Crippen LogP) is 3.58. The zero-order valence-electron chi connectivity index (χ0n) is 11.2. The Hall–Kier alpha value is -2.23. The third kappa shape index (κ3) is 3.37. The third-order valence-corrected chi connectivity index (χ3v) is 2.88. The van der Waals surface area contributed by atoms with Gasteiger partial charge in [-0.05, 0) is 44.2 Å². The van der Waals surface area contributed by atoms with E-state index in [4.69, 9.17) is 4.42 Å². The summed E-state index contributed by atoms with van der Waals surface area (Å²) in [5.41, 5.74) is 0.776. The molecule has 0 atom stereocenters. The first kappa shape index (κ1) is 13.2. The zero-order valence-corrected chi connectivity index (χ0v) is 11.2. The molecule has 1 heterocycles. The lowest BCUT2D eigenvalue weighted by Gasteiger charge is -2.16. The number of nitrogens with zero attached hydrogens (tertiary/aromatic N) is 2. The van der Waals surface area contributed by atoms with Gasteiger partial charge in [0.2, 0.25) is 0 Å². The van der Waals surface area contributed by atoms with Crippen LogP contribution in [0.25, 0.3) is 0 Å². The number of aromatic hydroxyl groups is 1. The van der Waals surface area contributed by atoms with Gasteiger partial charge in [0.15, 0.2) is 5.88 Å². The summed E-state index contributed by atoms with van der Waals surface area (Å²) < 4.78 is 5.70. The van der Waals surface area contributed by atoms with Gasteiger partial charge in [0, 0.05) is 19.2 Å². The average molecular weight is 258 g/mol. The molecule has 2 aromatic rings. The van der Waals surface area contributed by atoms with Gasteiger partial charge in [-0.3, -0.25) is 4.99 Å². The van der Waals surface area contributed by atoms with Crippen LogP contribution in [0.2, 0.25) is 0 Å². The van der Waals surface area contributed by atoms with Crippen LogP contribution < -0.4 is 4.90 Å². The Morgan fingerprint density at radius 1 is 1.11 bits per heavy atom. The molecule has 4 nitrogen and oxygen atoms in total. The SMILES string of the molecule is CCN(CC)c1ccc(C=Nc2ccc(O)cc2)o1. The highest BCUT2D eigenvalue weighted by atomic mass is 16.4. The molecule has 1 aromatic heterocycles. The Morgan fingerprint density at radius 3 is 2.42 bits per heavy atom. The fraction of sp³-hybridized carbons (Fsp3) is 0.267. The first-order chi connectivity index (χ1) is 9.22. The molecule has 0 saturated carbocycles. The lowest BCUT2D eigenvalue weighted by atomic mass is 10.3. The van der Waals surface area contributed by atoms with Crippen LogP contribution in [0, 0.1) is 0 Å². The summed E-state index contributed by atoms with van der Waals surface area (Å²) in [6.45, 7) is 6.02. The van der Waals surface area contributed by atoms with E-state index in [0.717, 1.165) is 30.4 Å². The highest BCUT2D eigenvalue weighted by molar-refractivity contribution is 5.79. The van der Waals surface area contributed by atoms with E-state index < -0.39 is 0 Å². The molecule has 100 valence electrons. The number of phenolic OH excluding ortho intramolecular Hbond substituents is 1. The summed E-state index contributed by atoms with van der Waals surface area (Å²) >= 11 is 0. The molecule has 1 aromatic carbocycles. The number of aliphatic imine (C=N–C) groups is 1. The van der Waals surface area contributed by atoms with Crippen LogP contribution in [0.4, 0.5) is 11.6 Å². The molecule has 19 heavy (non-hydrogen) atoms. The minimum absolute atomic E-state index is 0.237. The summed E-state index contributed by atoms with van der Waals surface area (Å²) in [5.74, 6) is 1.81. The smallest absolute Gasteiger partial charge is 0.196 e. The molecule has 0 saturated heterocycles. The van der Waals surface area contributed by atoms with Crippen LogP contribution in [0.5, 0.6) is 5.75 Å². The monoisotopic (exact) mass is 258 g/mol. The molecule has 2 rings (SSSR count). The number of benzene rings is 1. The van der Waals surface area contributed by atoms with Gasteiger partial charge >= 0.3 is 0 Å². The third-order valence-electron chi connectivity index (χ3n) is 2.88. The van der Waals surface area contributed by atoms with Crippen molar-refractivity contribution in [2.45, 2.75) is 13.8 Å². The van der Waals surface area contributed by atoms with Crippen LogP contribution in [0.1, 0.15) is 19.6 Å². The molecule has 0 spiro atoms. The van der Waals surface area contributed by atoms with Gasteiger partial charge in [-0.25, -0.2) is 0 Å². The van der Waals surface area contributed by atoms with Crippen LogP contribution in [-0.2, 0) is 0 Å². The molecule has 4 heteroatoms. The second-order valence-corrected chi connectivity index (χ2v) is 4.12. The van der Waals surface area contributed by atoms with Crippen molar-refractivity contribution < 1.29 is 9.52 Å². The largest absolute Gasteiger partial charge is 0.508 e. The van der Waals surface area contributed by atoms with E-state index in [1.165, 1.54) is 0 Å². The van der Waals surface area contributed by atoms with Crippen molar-refractivity contribution in [2.75, 3.05) is 18.0 Å². The maximum Gasteiger partial charge on any atom is 0.196 e. The zero-order chi connectivity index (χ0) is 13.7. The Morgan fingerprint density at radius 2 is 1.79 bits per heavy atom. The Bertz CT molecular complexity index is 540. The molecular weight excluding hydrogens is 240 g/mol. The van der Waals surface area contributed by atoms with Gasteiger partial charge in [0.05, 0.1) is 11.9 Å². The van der Waals surface area contributed by atoms with E-state index in [1.54, 1.807) is 30.5 Å². The summed E-state index contributed by atoms with van der Waals surface area (Å²) in [6, 6.07) is 10.6. The first-order valence-electron chi connectivity index (χ1n) is 6.40. The van der Waals surface area contributed by atoms with Crippen molar-refractivity contribution >= 4 is 17.8 Å². The fourth-order valence-corrected chi connectivity index (χ4v) is 1.79. The quantitative estimate of drug-likeness (QED) is 0.834. The molecule has 0 aliphatic heterocycles. The number of hydrogen-bond acceptors (Lipinski definition) is 4. The van der Waals surface area contributed by atoms with E-state index in [-0.39, 0.29) is 5.75 Å². The number of hydrogen-bond donors (Lipinski definition) is 1. The minimum Gasteiger partial charge on any atom is -0.508 e. The summed E-state index contributed by atoms with van der Waals surface area (Å²) in [5, 5.41) is 9.18. The average Bonchev–Trinajstić information content (AvgIpc) is 2.88. The number of anilines is 1. The number of rotatable bonds is 5. The number of furan rings is 1. The highest BCUT2D eigenvalue weighted by Crippen LogP contribution is 2.19. The van der Waals surface area contributed by atoms with E-state index in [1.807, 2.05) is 12.1 Å². The minimum atomic E-state index is 0.237. The summed E-state index contributed by atoms with van der Waals surface area (Å²) in [7, 11) is 0. The lowest BCUT2D eigenvalue weighted by molar-refractivity contribution is 0.475. The lowest BCUT2D eigenvalue weighted by Crippen LogP contribution is -2.20. The first-order valence-corrected chi connectivity index (χ1v) is 6.40. The maximum atomic E-state index is 9.18. The van der Waals surface area contributed by atoms with Gasteiger partial charge in [0.1, 0.15) is 11.5 Å². The van der Waals surface area contributed by atoms with E-state index in [9.17, 15) is 5.11 Å². The fourth-order valence-electron chi connectivity index (χ4n) is 1.79. The van der Waals surface area contributed by atoms with Crippen molar-refractivity contribution in [3.05, 3.63) is 42.2 Å². The Kier molecular flexibility index (Phi) is 4.23. The van der Waals surface area contributed by atoms with Gasteiger partial charge in [-0.1, -0.05) is 0 Å². The van der Waals surface area contributed by atoms with Crippen molar-refractivity contribution in [1.29, 1.82) is 0 Å². The van der Waals surface area contributed by atoms with Crippen LogP contribution >= 0.6 is 0 Å². The maximum absolute atomic E-state index is 9.18. The Balaban J connectivity index is 2.09. The van der Waals surface area contributed by atoms with Crippen molar-refractivity contribution in [1.82, 2.24) is 0 Å². The molecule has 0 bridgehead atoms. The standard InChI is InChI=1S/C15H18N2O2/c1-3-17(4-2)15-10-9-14(19-15)11-16-12-5-7-13(18)8-6-12/h5-11,18H,3-4H2,1-2H3. The van der Waals surface area contributed by atoms with Gasteiger partial charge in [-0.2, -0.15) is 0 Å². The van der Waals surface area contributed by atoms with Gasteiger partial charge in [-0.15, -0.1) is 0 Å². The summed E-state index contributed by atoms with van der Waals surface area (Å²) in [4.78, 5) is 6.43. The predicted molar refractivity (Wildman–Crippen MR) is 77.6 cm³/mol. The second kappa shape index (κ2) is 6.09. The molecule has 0 amide bonds. The van der Waals surface area contributed by atoms with E-state index in [2.05, 4.69) is 23.7 Å². The second-order valence-electron chi connectivity index (χ2n) is 4.12. The Labute approximate surface area is 113 Å². The van der Waals surface area contributed by atoms with E-state index >= 15 is 0 Å². The molecule has 0 aliphatic rings. The van der Waals surface area contributed by atoms with Gasteiger partial charge < -0.3 is 14.4 Å². The normalized spacial score (nSPS) is 11.1. The van der Waals surface area contributed by atoms with Crippen molar-refractivity contribution in [3.63, 3.8) is 0 Å². The molecule has 0 fully saturated rings. The van der Waals surface area contributed by atoms with Crippen LogP contribution in [0.3, 0.4) is 0 Å². The molecule has 0 unspecified atom stereocenters. The highest BCUT2D eigenvalue weighted by Gasteiger charge is 2.05. The van der Waals surface area contributed by atoms with E-state index in [0.29, 0.717) is 0 Å². The van der Waals surface area contributed by atoms with Crippen molar-refractivity contribution in [3.8, 4) is 5.75 Å².